The number of anilines is 2. The highest BCUT2D eigenvalue weighted by atomic mass is 16.2. The van der Waals surface area contributed by atoms with Crippen LogP contribution in [0.2, 0.25) is 0 Å². The minimum absolute atomic E-state index is 0.0469. The van der Waals surface area contributed by atoms with Crippen molar-refractivity contribution in [2.24, 2.45) is 0 Å². The summed E-state index contributed by atoms with van der Waals surface area (Å²) in [6.07, 6.45) is 2.49. The number of carbonyl (C=O) groups is 5. The number of aldehydes is 1. The van der Waals surface area contributed by atoms with Crippen molar-refractivity contribution in [2.75, 3.05) is 49.1 Å². The van der Waals surface area contributed by atoms with Crippen molar-refractivity contribution < 1.29 is 24.0 Å². The van der Waals surface area contributed by atoms with Crippen molar-refractivity contribution in [1.29, 1.82) is 0 Å². The fourth-order valence-corrected chi connectivity index (χ4v) is 5.92. The molecule has 2 saturated heterocycles. The van der Waals surface area contributed by atoms with E-state index in [1.165, 1.54) is 4.90 Å². The van der Waals surface area contributed by atoms with Crippen molar-refractivity contribution in [3.05, 3.63) is 59.2 Å². The molecule has 3 heterocycles. The van der Waals surface area contributed by atoms with Gasteiger partial charge in [0, 0.05) is 69.0 Å². The Labute approximate surface area is 227 Å². The number of carbonyl (C=O) groups excluding carboxylic acids is 5. The molecule has 1 N–H and O–H groups in total. The summed E-state index contributed by atoms with van der Waals surface area (Å²) >= 11 is 0. The average Bonchev–Trinajstić information content (AvgIpc) is 3.55. The number of imide groups is 2. The lowest BCUT2D eigenvalue weighted by Crippen LogP contribution is -2.51. The zero-order valence-electron chi connectivity index (χ0n) is 22.0. The zero-order valence-corrected chi connectivity index (χ0v) is 22.0. The van der Waals surface area contributed by atoms with Gasteiger partial charge in [-0.05, 0) is 56.2 Å². The second-order valence-corrected chi connectivity index (χ2v) is 10.4. The van der Waals surface area contributed by atoms with Gasteiger partial charge in [0.2, 0.25) is 12.3 Å². The van der Waals surface area contributed by atoms with Gasteiger partial charge in [-0.2, -0.15) is 0 Å². The monoisotopic (exact) mass is 531 g/mol. The van der Waals surface area contributed by atoms with Crippen LogP contribution in [0, 0.1) is 0 Å². The maximum Gasteiger partial charge on any atom is 0.263 e. The lowest BCUT2D eigenvalue weighted by Gasteiger charge is -2.39. The minimum atomic E-state index is -0.472. The van der Waals surface area contributed by atoms with E-state index in [4.69, 9.17) is 0 Å². The lowest BCUT2D eigenvalue weighted by molar-refractivity contribution is -0.125. The Kier molecular flexibility index (Phi) is 7.74. The first-order valence-corrected chi connectivity index (χ1v) is 13.4. The molecule has 2 fully saturated rings. The van der Waals surface area contributed by atoms with Crippen LogP contribution < -0.4 is 15.1 Å². The number of fused-ring (bicyclic) bond motifs is 1. The molecule has 2 atom stereocenters. The molecule has 0 radical (unpaired) electrons. The van der Waals surface area contributed by atoms with Gasteiger partial charge in [0.15, 0.2) is 0 Å². The minimum Gasteiger partial charge on any atom is -0.369 e. The van der Waals surface area contributed by atoms with Gasteiger partial charge in [-0.25, -0.2) is 0 Å². The summed E-state index contributed by atoms with van der Waals surface area (Å²) in [5.74, 6) is -1.10. The summed E-state index contributed by atoms with van der Waals surface area (Å²) in [4.78, 5) is 68.1. The first-order chi connectivity index (χ1) is 18.9. The first-order valence-electron chi connectivity index (χ1n) is 13.4. The first kappa shape index (κ1) is 26.6. The third kappa shape index (κ3) is 5.29. The Morgan fingerprint density at radius 2 is 1.72 bits per heavy atom. The molecule has 2 aromatic carbocycles. The van der Waals surface area contributed by atoms with Gasteiger partial charge in [-0.1, -0.05) is 6.07 Å². The van der Waals surface area contributed by atoms with Crippen LogP contribution in [0.4, 0.5) is 11.4 Å². The molecule has 0 aliphatic carbocycles. The number of hydrogen-bond acceptors (Lipinski definition) is 8. The predicted octanol–water partition coefficient (Wildman–Crippen LogP) is 1.94. The largest absolute Gasteiger partial charge is 0.369 e. The molecule has 2 unspecified atom stereocenters. The topological polar surface area (TPSA) is 110 Å². The number of hydrogen-bond donors (Lipinski definition) is 1. The fourth-order valence-electron chi connectivity index (χ4n) is 5.92. The zero-order chi connectivity index (χ0) is 27.5. The molecular weight excluding hydrogens is 498 g/mol. The summed E-state index contributed by atoms with van der Waals surface area (Å²) in [7, 11) is 0. The molecule has 3 aliphatic rings. The van der Waals surface area contributed by atoms with Crippen LogP contribution in [0.1, 0.15) is 57.3 Å². The van der Waals surface area contributed by atoms with E-state index in [-0.39, 0.29) is 24.7 Å². The Morgan fingerprint density at radius 3 is 2.41 bits per heavy atom. The van der Waals surface area contributed by atoms with Crippen molar-refractivity contribution in [3.63, 3.8) is 0 Å². The molecule has 39 heavy (non-hydrogen) atoms. The number of benzene rings is 2. The van der Waals surface area contributed by atoms with Crippen molar-refractivity contribution in [3.8, 4) is 0 Å². The fraction of sp³-hybridized carbons (Fsp3) is 0.414. The van der Waals surface area contributed by atoms with E-state index >= 15 is 0 Å². The van der Waals surface area contributed by atoms with E-state index in [1.54, 1.807) is 13.0 Å². The Morgan fingerprint density at radius 1 is 0.974 bits per heavy atom. The number of amides is 4. The SMILES string of the molecule is CC(CCC(=O)NC=O)N1C(=O)c2cccc(N3CCC(N4CCN(c5ccc(C=O)cc5)CC4)C3)c2C1=O. The van der Waals surface area contributed by atoms with Gasteiger partial charge >= 0.3 is 0 Å². The second-order valence-electron chi connectivity index (χ2n) is 10.4. The van der Waals surface area contributed by atoms with Crippen LogP contribution in [-0.2, 0) is 9.59 Å². The molecule has 0 bridgehead atoms. The van der Waals surface area contributed by atoms with Gasteiger partial charge in [-0.3, -0.25) is 39.1 Å². The van der Waals surface area contributed by atoms with E-state index in [0.29, 0.717) is 29.1 Å². The van der Waals surface area contributed by atoms with E-state index in [9.17, 15) is 24.0 Å². The van der Waals surface area contributed by atoms with E-state index in [1.807, 2.05) is 36.4 Å². The Hall–Kier alpha value is -4.05. The van der Waals surface area contributed by atoms with Crippen molar-refractivity contribution in [2.45, 2.75) is 38.3 Å². The number of nitrogens with one attached hydrogen (secondary N) is 1. The van der Waals surface area contributed by atoms with Crippen LogP contribution in [0.15, 0.2) is 42.5 Å². The molecule has 204 valence electrons. The molecule has 0 saturated carbocycles. The molecule has 2 aromatic rings. The maximum atomic E-state index is 13.5. The normalized spacial score (nSPS) is 20.2. The van der Waals surface area contributed by atoms with Gasteiger partial charge in [-0.15, -0.1) is 0 Å². The summed E-state index contributed by atoms with van der Waals surface area (Å²) in [5, 5.41) is 2.09. The van der Waals surface area contributed by atoms with Crippen LogP contribution in [0.25, 0.3) is 0 Å². The molecule has 10 heteroatoms. The van der Waals surface area contributed by atoms with Crippen LogP contribution in [-0.4, -0.2) is 91.6 Å². The van der Waals surface area contributed by atoms with Gasteiger partial charge < -0.3 is 9.80 Å². The maximum absolute atomic E-state index is 13.5. The van der Waals surface area contributed by atoms with E-state index in [0.717, 1.165) is 63.4 Å². The molecule has 0 spiro atoms. The Bertz CT molecular complexity index is 1270. The highest BCUT2D eigenvalue weighted by Crippen LogP contribution is 2.35. The number of nitrogens with zero attached hydrogens (tertiary/aromatic N) is 4. The van der Waals surface area contributed by atoms with Crippen LogP contribution in [0.5, 0.6) is 0 Å². The van der Waals surface area contributed by atoms with Crippen LogP contribution in [0.3, 0.4) is 0 Å². The van der Waals surface area contributed by atoms with Gasteiger partial charge in [0.1, 0.15) is 6.29 Å². The standard InChI is InChI=1S/C29H33N5O5/c1-20(5-10-26(37)30-19-36)34-28(38)24-3-2-4-25(27(24)29(34)39)33-12-11-23(17-33)32-15-13-31(14-16-32)22-8-6-21(18-35)7-9-22/h2-4,6-9,18-20,23H,5,10-17H2,1H3,(H,30,36,37). The molecule has 0 aromatic heterocycles. The predicted molar refractivity (Wildman–Crippen MR) is 146 cm³/mol. The Balaban J connectivity index is 1.22. The van der Waals surface area contributed by atoms with Gasteiger partial charge in [0.25, 0.3) is 11.8 Å². The molecule has 5 rings (SSSR count). The third-order valence-electron chi connectivity index (χ3n) is 8.10. The molecule has 3 aliphatic heterocycles. The summed E-state index contributed by atoms with van der Waals surface area (Å²) in [6, 6.07) is 13.0. The van der Waals surface area contributed by atoms with Gasteiger partial charge in [0.05, 0.1) is 16.8 Å². The summed E-state index contributed by atoms with van der Waals surface area (Å²) < 4.78 is 0. The number of rotatable bonds is 9. The smallest absolute Gasteiger partial charge is 0.263 e. The van der Waals surface area contributed by atoms with Crippen molar-refractivity contribution >= 4 is 41.8 Å². The number of piperazine rings is 1. The highest BCUT2D eigenvalue weighted by Gasteiger charge is 2.42. The summed E-state index contributed by atoms with van der Waals surface area (Å²) in [5.41, 5.74) is 3.43. The molecular formula is C29H33N5O5. The second kappa shape index (κ2) is 11.4. The highest BCUT2D eigenvalue weighted by molar-refractivity contribution is 6.24. The quantitative estimate of drug-likeness (QED) is 0.386. The average molecular weight is 532 g/mol. The summed E-state index contributed by atoms with van der Waals surface area (Å²) in [6.45, 7) is 7.01. The van der Waals surface area contributed by atoms with Crippen molar-refractivity contribution in [1.82, 2.24) is 15.1 Å². The molecule has 4 amide bonds. The third-order valence-corrected chi connectivity index (χ3v) is 8.10. The lowest BCUT2D eigenvalue weighted by atomic mass is 10.1. The van der Waals surface area contributed by atoms with E-state index < -0.39 is 11.9 Å². The van der Waals surface area contributed by atoms with Crippen LogP contribution >= 0.6 is 0 Å². The molecule has 10 nitrogen and oxygen atoms in total. The van der Waals surface area contributed by atoms with E-state index in [2.05, 4.69) is 20.0 Å².